The van der Waals surface area contributed by atoms with Crippen LogP contribution < -0.4 is 4.74 Å². The number of para-hydroxylation sites is 1. The van der Waals surface area contributed by atoms with Gasteiger partial charge in [-0.05, 0) is 29.9 Å². The number of ketones is 1. The summed E-state index contributed by atoms with van der Waals surface area (Å²) >= 11 is 0. The van der Waals surface area contributed by atoms with Gasteiger partial charge in [-0.25, -0.2) is 0 Å². The first-order valence-electron chi connectivity index (χ1n) is 10.1. The minimum atomic E-state index is -1.04. The standard InChI is InChI=1S/C24H24O3/c25-22(17-11-5-2-6-12-17)24-15-19(16-9-3-1-4-10-16)21(24)18-13-7-8-14-20(18)27-23(24)26/h2,5-8,11-14,16,19,21H,1,3-4,9-10,15H2/t19-,21-,24+/m1/s1. The van der Waals surface area contributed by atoms with Gasteiger partial charge in [-0.2, -0.15) is 0 Å². The van der Waals surface area contributed by atoms with Gasteiger partial charge < -0.3 is 4.74 Å². The Morgan fingerprint density at radius 3 is 2.41 bits per heavy atom. The predicted molar refractivity (Wildman–Crippen MR) is 103 cm³/mol. The van der Waals surface area contributed by atoms with E-state index in [1.54, 1.807) is 0 Å². The number of hydrogen-bond donors (Lipinski definition) is 0. The van der Waals surface area contributed by atoms with Crippen LogP contribution in [0.15, 0.2) is 54.6 Å². The molecule has 0 bridgehead atoms. The zero-order valence-corrected chi connectivity index (χ0v) is 15.4. The summed E-state index contributed by atoms with van der Waals surface area (Å²) in [5.74, 6) is 1.17. The molecule has 0 radical (unpaired) electrons. The smallest absolute Gasteiger partial charge is 0.326 e. The van der Waals surface area contributed by atoms with Gasteiger partial charge in [0, 0.05) is 11.5 Å². The lowest BCUT2D eigenvalue weighted by atomic mass is 9.45. The SMILES string of the molecule is O=C1Oc2ccccc2[C@@H]2[C@@H](C3CCCCC3)C[C@]12C(=O)c1ccccc1. The zero-order chi connectivity index (χ0) is 18.4. The molecule has 1 aliphatic heterocycles. The average Bonchev–Trinajstić information content (AvgIpc) is 2.70. The van der Waals surface area contributed by atoms with E-state index in [1.807, 2.05) is 48.5 Å². The zero-order valence-electron chi connectivity index (χ0n) is 15.4. The third-order valence-electron chi connectivity index (χ3n) is 7.03. The molecule has 2 aromatic rings. The van der Waals surface area contributed by atoms with Crippen molar-refractivity contribution in [1.82, 2.24) is 0 Å². The predicted octanol–water partition coefficient (Wildman–Crippen LogP) is 5.16. The molecule has 3 heteroatoms. The number of esters is 1. The number of hydrogen-bond acceptors (Lipinski definition) is 3. The molecule has 1 heterocycles. The van der Waals surface area contributed by atoms with Crippen LogP contribution in [0.4, 0.5) is 0 Å². The summed E-state index contributed by atoms with van der Waals surface area (Å²) < 4.78 is 5.69. The van der Waals surface area contributed by atoms with Crippen molar-refractivity contribution in [3.05, 3.63) is 65.7 Å². The lowest BCUT2D eigenvalue weighted by Gasteiger charge is -2.57. The Morgan fingerprint density at radius 2 is 1.63 bits per heavy atom. The van der Waals surface area contributed by atoms with Crippen LogP contribution in [0, 0.1) is 17.3 Å². The molecular weight excluding hydrogens is 336 g/mol. The van der Waals surface area contributed by atoms with Crippen LogP contribution in [-0.2, 0) is 4.79 Å². The Hall–Kier alpha value is -2.42. The van der Waals surface area contributed by atoms with Crippen LogP contribution in [0.2, 0.25) is 0 Å². The quantitative estimate of drug-likeness (QED) is 0.329. The summed E-state index contributed by atoms with van der Waals surface area (Å²) in [6, 6.07) is 17.0. The van der Waals surface area contributed by atoms with Crippen molar-refractivity contribution in [1.29, 1.82) is 0 Å². The van der Waals surface area contributed by atoms with Crippen LogP contribution in [0.3, 0.4) is 0 Å². The van der Waals surface area contributed by atoms with Gasteiger partial charge in [-0.3, -0.25) is 9.59 Å². The number of rotatable bonds is 3. The first kappa shape index (κ1) is 16.7. The van der Waals surface area contributed by atoms with E-state index in [9.17, 15) is 9.59 Å². The summed E-state index contributed by atoms with van der Waals surface area (Å²) in [5.41, 5.74) is 0.613. The molecule has 2 fully saturated rings. The Kier molecular flexibility index (Phi) is 3.92. The fourth-order valence-electron chi connectivity index (χ4n) is 5.72. The maximum absolute atomic E-state index is 13.5. The van der Waals surface area contributed by atoms with E-state index in [0.717, 1.165) is 5.56 Å². The highest BCUT2D eigenvalue weighted by atomic mass is 16.5. The molecule has 2 aromatic carbocycles. The maximum atomic E-state index is 13.5. The lowest BCUT2D eigenvalue weighted by Crippen LogP contribution is -2.61. The minimum Gasteiger partial charge on any atom is -0.425 e. The van der Waals surface area contributed by atoms with Crippen LogP contribution >= 0.6 is 0 Å². The number of carbonyl (C=O) groups is 2. The summed E-state index contributed by atoms with van der Waals surface area (Å²) in [7, 11) is 0. The Balaban J connectivity index is 1.59. The van der Waals surface area contributed by atoms with E-state index in [1.165, 1.54) is 32.1 Å². The van der Waals surface area contributed by atoms with Crippen molar-refractivity contribution in [3.8, 4) is 5.75 Å². The van der Waals surface area contributed by atoms with Gasteiger partial charge in [-0.15, -0.1) is 0 Å². The van der Waals surface area contributed by atoms with Gasteiger partial charge in [-0.1, -0.05) is 80.6 Å². The molecule has 0 N–H and O–H groups in total. The monoisotopic (exact) mass is 360 g/mol. The van der Waals surface area contributed by atoms with Crippen LogP contribution in [0.1, 0.15) is 60.4 Å². The average molecular weight is 360 g/mol. The first-order valence-corrected chi connectivity index (χ1v) is 10.1. The second-order valence-corrected chi connectivity index (χ2v) is 8.34. The highest BCUT2D eigenvalue weighted by molar-refractivity contribution is 6.15. The molecular formula is C24H24O3. The third kappa shape index (κ3) is 2.40. The topological polar surface area (TPSA) is 43.4 Å². The molecule has 0 amide bonds. The second kappa shape index (κ2) is 6.33. The summed E-state index contributed by atoms with van der Waals surface area (Å²) in [4.78, 5) is 26.7. The molecule has 3 nitrogen and oxygen atoms in total. The van der Waals surface area contributed by atoms with E-state index in [-0.39, 0.29) is 17.7 Å². The molecule has 2 aliphatic carbocycles. The highest BCUT2D eigenvalue weighted by Crippen LogP contribution is 2.66. The Labute approximate surface area is 159 Å². The van der Waals surface area contributed by atoms with Gasteiger partial charge in [0.05, 0.1) is 0 Å². The molecule has 27 heavy (non-hydrogen) atoms. The number of ether oxygens (including phenoxy) is 1. The van der Waals surface area contributed by atoms with Gasteiger partial charge in [0.2, 0.25) is 0 Å². The van der Waals surface area contributed by atoms with Gasteiger partial charge in [0.1, 0.15) is 11.2 Å². The molecule has 2 saturated carbocycles. The largest absolute Gasteiger partial charge is 0.425 e. The van der Waals surface area contributed by atoms with Crippen molar-refractivity contribution in [2.75, 3.05) is 0 Å². The summed E-state index contributed by atoms with van der Waals surface area (Å²) in [6.45, 7) is 0. The van der Waals surface area contributed by atoms with E-state index >= 15 is 0 Å². The fourth-order valence-corrected chi connectivity index (χ4v) is 5.72. The van der Waals surface area contributed by atoms with Crippen LogP contribution in [-0.4, -0.2) is 11.8 Å². The number of carbonyl (C=O) groups excluding carboxylic acids is 2. The van der Waals surface area contributed by atoms with Crippen LogP contribution in [0.25, 0.3) is 0 Å². The van der Waals surface area contributed by atoms with Gasteiger partial charge in [0.15, 0.2) is 5.78 Å². The fraction of sp³-hybridized carbons (Fsp3) is 0.417. The summed E-state index contributed by atoms with van der Waals surface area (Å²) in [6.07, 6.45) is 6.89. The van der Waals surface area contributed by atoms with Crippen molar-refractivity contribution < 1.29 is 14.3 Å². The molecule has 0 saturated heterocycles. The first-order chi connectivity index (χ1) is 13.2. The number of fused-ring (bicyclic) bond motifs is 3. The molecule has 5 rings (SSSR count). The Bertz CT molecular complexity index is 882. The molecule has 3 atom stereocenters. The van der Waals surface area contributed by atoms with Crippen molar-refractivity contribution >= 4 is 11.8 Å². The maximum Gasteiger partial charge on any atom is 0.326 e. The second-order valence-electron chi connectivity index (χ2n) is 8.34. The van der Waals surface area contributed by atoms with Gasteiger partial charge in [0.25, 0.3) is 0 Å². The van der Waals surface area contributed by atoms with E-state index in [0.29, 0.717) is 29.6 Å². The lowest BCUT2D eigenvalue weighted by molar-refractivity contribution is -0.158. The molecule has 0 aromatic heterocycles. The molecule has 3 aliphatic rings. The molecule has 0 spiro atoms. The van der Waals surface area contributed by atoms with Crippen LogP contribution in [0.5, 0.6) is 5.75 Å². The van der Waals surface area contributed by atoms with E-state index in [2.05, 4.69) is 6.07 Å². The number of Topliss-reactive ketones (excluding diaryl/α,β-unsaturated/α-hetero) is 1. The normalized spacial score (nSPS) is 29.9. The van der Waals surface area contributed by atoms with Crippen molar-refractivity contribution in [3.63, 3.8) is 0 Å². The van der Waals surface area contributed by atoms with E-state index in [4.69, 9.17) is 4.74 Å². The van der Waals surface area contributed by atoms with Gasteiger partial charge >= 0.3 is 5.97 Å². The molecule has 138 valence electrons. The van der Waals surface area contributed by atoms with E-state index < -0.39 is 5.41 Å². The third-order valence-corrected chi connectivity index (χ3v) is 7.03. The number of benzene rings is 2. The van der Waals surface area contributed by atoms with Crippen molar-refractivity contribution in [2.45, 2.75) is 44.4 Å². The summed E-state index contributed by atoms with van der Waals surface area (Å²) in [5, 5.41) is 0. The Morgan fingerprint density at radius 1 is 0.926 bits per heavy atom. The highest BCUT2D eigenvalue weighted by Gasteiger charge is 2.68. The minimum absolute atomic E-state index is 0.0502. The molecule has 0 unspecified atom stereocenters. The van der Waals surface area contributed by atoms with Crippen molar-refractivity contribution in [2.24, 2.45) is 17.3 Å².